The number of rotatable bonds is 3. The van der Waals surface area contributed by atoms with Gasteiger partial charge >= 0.3 is 0 Å². The Morgan fingerprint density at radius 3 is 2.77 bits per heavy atom. The number of hydrogen-bond donors (Lipinski definition) is 1. The molecule has 0 fully saturated rings. The second-order valence-corrected chi connectivity index (χ2v) is 3.58. The second kappa shape index (κ2) is 4.69. The normalized spacial score (nSPS) is 15.4. The maximum Gasteiger partial charge on any atom is 0.122 e. The van der Waals surface area contributed by atoms with Gasteiger partial charge in [0.2, 0.25) is 0 Å². The Balaban J connectivity index is 2.82. The monoisotopic (exact) mass is 245 g/mol. The van der Waals surface area contributed by atoms with Gasteiger partial charge in [-0.1, -0.05) is 6.07 Å². The maximum atomic E-state index is 9.71. The van der Waals surface area contributed by atoms with Crippen LogP contribution in [0.5, 0.6) is 0 Å². The summed E-state index contributed by atoms with van der Waals surface area (Å²) in [6, 6.07) is 5.41. The molecule has 1 aromatic rings. The fourth-order valence-corrected chi connectivity index (χ4v) is 1.32. The number of hydrogen-bond acceptors (Lipinski definition) is 3. The molecule has 0 radical (unpaired) electrons. The van der Waals surface area contributed by atoms with Crippen molar-refractivity contribution in [3.05, 3.63) is 28.5 Å². The Hall–Kier alpha value is -0.450. The van der Waals surface area contributed by atoms with Gasteiger partial charge in [0.1, 0.15) is 10.7 Å². The molecule has 1 rings (SSSR count). The molecule has 1 N–H and O–H groups in total. The zero-order chi connectivity index (χ0) is 9.84. The molecule has 13 heavy (non-hydrogen) atoms. The Labute approximate surface area is 85.9 Å². The summed E-state index contributed by atoms with van der Waals surface area (Å²) in [7, 11) is 1.56. The molecule has 0 spiro atoms. The van der Waals surface area contributed by atoms with E-state index in [0.717, 1.165) is 0 Å². The minimum Gasteiger partial charge on any atom is -0.384 e. The first-order valence-corrected chi connectivity index (χ1v) is 4.77. The molecule has 0 aliphatic carbocycles. The van der Waals surface area contributed by atoms with E-state index in [2.05, 4.69) is 20.9 Å². The highest BCUT2D eigenvalue weighted by atomic mass is 79.9. The SMILES string of the molecule is CO[C@@H](C)C(O)c1cccc(Br)n1. The smallest absolute Gasteiger partial charge is 0.122 e. The Morgan fingerprint density at radius 2 is 2.23 bits per heavy atom. The van der Waals surface area contributed by atoms with Crippen LogP contribution in [0.3, 0.4) is 0 Å². The van der Waals surface area contributed by atoms with E-state index in [9.17, 15) is 5.11 Å². The molecule has 2 atom stereocenters. The Kier molecular flexibility index (Phi) is 3.84. The first-order valence-electron chi connectivity index (χ1n) is 3.98. The van der Waals surface area contributed by atoms with Crippen molar-refractivity contribution in [3.8, 4) is 0 Å². The topological polar surface area (TPSA) is 42.4 Å². The largest absolute Gasteiger partial charge is 0.384 e. The summed E-state index contributed by atoms with van der Waals surface area (Å²) < 4.78 is 5.72. The number of aliphatic hydroxyl groups is 1. The molecule has 0 saturated carbocycles. The molecule has 3 nitrogen and oxygen atoms in total. The predicted octanol–water partition coefficient (Wildman–Crippen LogP) is 1.91. The number of aliphatic hydroxyl groups excluding tert-OH is 1. The lowest BCUT2D eigenvalue weighted by molar-refractivity contribution is -0.00365. The van der Waals surface area contributed by atoms with Gasteiger partial charge in [0.15, 0.2) is 0 Å². The molecule has 0 amide bonds. The standard InChI is InChI=1S/C9H12BrNO2/c1-6(13-2)9(12)7-4-3-5-8(10)11-7/h3-6,9,12H,1-2H3/t6-,9?/m0/s1. The maximum absolute atomic E-state index is 9.71. The van der Waals surface area contributed by atoms with E-state index < -0.39 is 6.10 Å². The average molecular weight is 246 g/mol. The first-order chi connectivity index (χ1) is 6.15. The molecular formula is C9H12BrNO2. The van der Waals surface area contributed by atoms with Crippen LogP contribution in [-0.4, -0.2) is 23.3 Å². The number of pyridine rings is 1. The van der Waals surface area contributed by atoms with Crippen molar-refractivity contribution < 1.29 is 9.84 Å². The van der Waals surface area contributed by atoms with Crippen molar-refractivity contribution in [3.63, 3.8) is 0 Å². The number of methoxy groups -OCH3 is 1. The molecule has 4 heteroatoms. The second-order valence-electron chi connectivity index (χ2n) is 2.77. The zero-order valence-corrected chi connectivity index (χ0v) is 9.15. The van der Waals surface area contributed by atoms with Gasteiger partial charge in [-0.05, 0) is 35.0 Å². The lowest BCUT2D eigenvalue weighted by Crippen LogP contribution is -2.17. The Bertz CT molecular complexity index is 280. The van der Waals surface area contributed by atoms with E-state index in [0.29, 0.717) is 10.3 Å². The molecule has 1 heterocycles. The number of nitrogens with zero attached hydrogens (tertiary/aromatic N) is 1. The molecule has 0 aliphatic heterocycles. The summed E-state index contributed by atoms with van der Waals surface area (Å²) in [4.78, 5) is 4.13. The van der Waals surface area contributed by atoms with Crippen molar-refractivity contribution in [2.24, 2.45) is 0 Å². The van der Waals surface area contributed by atoms with Crippen LogP contribution in [-0.2, 0) is 4.74 Å². The minimum atomic E-state index is -0.678. The highest BCUT2D eigenvalue weighted by Gasteiger charge is 2.16. The lowest BCUT2D eigenvalue weighted by atomic mass is 10.1. The summed E-state index contributed by atoms with van der Waals surface area (Å²) in [6.45, 7) is 1.80. The van der Waals surface area contributed by atoms with Crippen LogP contribution in [0.25, 0.3) is 0 Å². The van der Waals surface area contributed by atoms with Crippen LogP contribution in [0, 0.1) is 0 Å². The molecule has 1 aromatic heterocycles. The fraction of sp³-hybridized carbons (Fsp3) is 0.444. The van der Waals surface area contributed by atoms with E-state index in [1.165, 1.54) is 0 Å². The van der Waals surface area contributed by atoms with Gasteiger partial charge in [0, 0.05) is 7.11 Å². The van der Waals surface area contributed by atoms with Crippen LogP contribution in [0.15, 0.2) is 22.8 Å². The van der Waals surface area contributed by atoms with Crippen LogP contribution in [0.4, 0.5) is 0 Å². The van der Waals surface area contributed by atoms with Crippen molar-refractivity contribution >= 4 is 15.9 Å². The van der Waals surface area contributed by atoms with E-state index in [1.54, 1.807) is 20.1 Å². The predicted molar refractivity (Wildman–Crippen MR) is 53.4 cm³/mol. The van der Waals surface area contributed by atoms with Crippen LogP contribution >= 0.6 is 15.9 Å². The summed E-state index contributed by atoms with van der Waals surface area (Å²) in [6.07, 6.45) is -0.927. The van der Waals surface area contributed by atoms with E-state index in [1.807, 2.05) is 12.1 Å². The highest BCUT2D eigenvalue weighted by Crippen LogP contribution is 2.18. The van der Waals surface area contributed by atoms with Gasteiger partial charge in [-0.2, -0.15) is 0 Å². The third-order valence-corrected chi connectivity index (χ3v) is 2.30. The zero-order valence-electron chi connectivity index (χ0n) is 7.57. The quantitative estimate of drug-likeness (QED) is 0.828. The fourth-order valence-electron chi connectivity index (χ4n) is 0.958. The van der Waals surface area contributed by atoms with Crippen molar-refractivity contribution in [1.82, 2.24) is 4.98 Å². The van der Waals surface area contributed by atoms with Crippen molar-refractivity contribution in [2.45, 2.75) is 19.1 Å². The summed E-state index contributed by atoms with van der Waals surface area (Å²) >= 11 is 3.24. The molecule has 0 saturated heterocycles. The van der Waals surface area contributed by atoms with E-state index >= 15 is 0 Å². The molecular weight excluding hydrogens is 234 g/mol. The van der Waals surface area contributed by atoms with E-state index in [-0.39, 0.29) is 6.10 Å². The van der Waals surface area contributed by atoms with Crippen LogP contribution in [0.2, 0.25) is 0 Å². The van der Waals surface area contributed by atoms with Crippen molar-refractivity contribution in [2.75, 3.05) is 7.11 Å². The van der Waals surface area contributed by atoms with E-state index in [4.69, 9.17) is 4.74 Å². The van der Waals surface area contributed by atoms with Gasteiger partial charge in [-0.25, -0.2) is 4.98 Å². The number of halogens is 1. The molecule has 0 aliphatic rings. The summed E-state index contributed by atoms with van der Waals surface area (Å²) in [5, 5.41) is 9.71. The van der Waals surface area contributed by atoms with Gasteiger partial charge in [-0.15, -0.1) is 0 Å². The average Bonchev–Trinajstić information content (AvgIpc) is 2.15. The number of ether oxygens (including phenoxy) is 1. The van der Waals surface area contributed by atoms with Gasteiger partial charge in [0.05, 0.1) is 11.8 Å². The molecule has 1 unspecified atom stereocenters. The Morgan fingerprint density at radius 1 is 1.54 bits per heavy atom. The van der Waals surface area contributed by atoms with Gasteiger partial charge in [-0.3, -0.25) is 0 Å². The van der Waals surface area contributed by atoms with Crippen LogP contribution < -0.4 is 0 Å². The third-order valence-electron chi connectivity index (χ3n) is 1.86. The number of aromatic nitrogens is 1. The third kappa shape index (κ3) is 2.76. The lowest BCUT2D eigenvalue weighted by Gasteiger charge is -2.16. The first kappa shape index (κ1) is 10.6. The minimum absolute atomic E-state index is 0.248. The summed E-state index contributed by atoms with van der Waals surface area (Å²) in [5.41, 5.74) is 0.615. The summed E-state index contributed by atoms with van der Waals surface area (Å²) in [5.74, 6) is 0. The van der Waals surface area contributed by atoms with Crippen LogP contribution in [0.1, 0.15) is 18.7 Å². The molecule has 0 aromatic carbocycles. The van der Waals surface area contributed by atoms with Gasteiger partial charge < -0.3 is 9.84 Å². The van der Waals surface area contributed by atoms with Crippen molar-refractivity contribution in [1.29, 1.82) is 0 Å². The molecule has 0 bridgehead atoms. The molecule has 72 valence electrons. The van der Waals surface area contributed by atoms with Gasteiger partial charge in [0.25, 0.3) is 0 Å². The highest BCUT2D eigenvalue weighted by molar-refractivity contribution is 9.10.